The molecule has 1 unspecified atom stereocenters. The summed E-state index contributed by atoms with van der Waals surface area (Å²) in [7, 11) is 3.87. The van der Waals surface area contributed by atoms with Crippen LogP contribution >= 0.6 is 0 Å². The van der Waals surface area contributed by atoms with E-state index in [4.69, 9.17) is 4.74 Å². The summed E-state index contributed by atoms with van der Waals surface area (Å²) in [6.07, 6.45) is 4.47. The van der Waals surface area contributed by atoms with Gasteiger partial charge in [-0.25, -0.2) is 4.39 Å². The number of hydrogen-bond donors (Lipinski definition) is 1. The van der Waals surface area contributed by atoms with Crippen molar-refractivity contribution >= 4 is 11.8 Å². The third-order valence-electron chi connectivity index (χ3n) is 5.37. The summed E-state index contributed by atoms with van der Waals surface area (Å²) >= 11 is 0. The van der Waals surface area contributed by atoms with E-state index in [0.717, 1.165) is 38.6 Å². The van der Waals surface area contributed by atoms with Crippen LogP contribution in [0.3, 0.4) is 0 Å². The first kappa shape index (κ1) is 19.8. The number of rotatable bonds is 5. The maximum atomic E-state index is 13.3. The Kier molecular flexibility index (Phi) is 6.11. The van der Waals surface area contributed by atoms with Crippen molar-refractivity contribution in [3.8, 4) is 0 Å². The van der Waals surface area contributed by atoms with E-state index in [0.29, 0.717) is 12.1 Å². The largest absolute Gasteiger partial charge is 0.353 e. The first-order chi connectivity index (χ1) is 12.9. The average molecular weight is 377 g/mol. The third-order valence-corrected chi connectivity index (χ3v) is 5.37. The summed E-state index contributed by atoms with van der Waals surface area (Å²) in [4.78, 5) is 29.7. The van der Waals surface area contributed by atoms with Gasteiger partial charge in [-0.2, -0.15) is 0 Å². The molecule has 7 heteroatoms. The Hall–Kier alpha value is -1.99. The van der Waals surface area contributed by atoms with E-state index in [1.54, 1.807) is 4.90 Å². The molecule has 1 atom stereocenters. The van der Waals surface area contributed by atoms with E-state index in [-0.39, 0.29) is 18.4 Å². The van der Waals surface area contributed by atoms with Gasteiger partial charge in [0.1, 0.15) is 17.6 Å². The van der Waals surface area contributed by atoms with Crippen molar-refractivity contribution in [1.29, 1.82) is 0 Å². The molecular weight excluding hydrogens is 349 g/mol. The van der Waals surface area contributed by atoms with Crippen LogP contribution in [-0.2, 0) is 9.53 Å². The van der Waals surface area contributed by atoms with Gasteiger partial charge in [-0.1, -0.05) is 6.42 Å². The molecule has 0 radical (unpaired) electrons. The summed E-state index contributed by atoms with van der Waals surface area (Å²) in [6.45, 7) is 1.42. The Balaban J connectivity index is 1.83. The molecule has 1 aliphatic carbocycles. The van der Waals surface area contributed by atoms with Crippen LogP contribution in [0.15, 0.2) is 24.3 Å². The minimum Gasteiger partial charge on any atom is -0.353 e. The number of halogens is 1. The van der Waals surface area contributed by atoms with Gasteiger partial charge in [0.15, 0.2) is 0 Å². The molecule has 1 aliphatic heterocycles. The Labute approximate surface area is 159 Å². The molecule has 1 heterocycles. The second-order valence-corrected chi connectivity index (χ2v) is 7.61. The fraction of sp³-hybridized carbons (Fsp3) is 0.600. The molecule has 1 N–H and O–H groups in total. The lowest BCUT2D eigenvalue weighted by Gasteiger charge is -2.41. The van der Waals surface area contributed by atoms with Crippen LogP contribution in [0.4, 0.5) is 4.39 Å². The summed E-state index contributed by atoms with van der Waals surface area (Å²) in [5.41, 5.74) is -0.356. The number of carbonyl (C=O) groups is 2. The monoisotopic (exact) mass is 377 g/mol. The number of amides is 2. The highest BCUT2D eigenvalue weighted by Gasteiger charge is 2.52. The average Bonchev–Trinajstić information content (AvgIpc) is 3.00. The highest BCUT2D eigenvalue weighted by molar-refractivity contribution is 5.98. The summed E-state index contributed by atoms with van der Waals surface area (Å²) < 4.78 is 19.3. The first-order valence-corrected chi connectivity index (χ1v) is 9.59. The minimum absolute atomic E-state index is 0.195. The minimum atomic E-state index is -0.729. The fourth-order valence-electron chi connectivity index (χ4n) is 3.92. The third kappa shape index (κ3) is 4.30. The maximum Gasteiger partial charge on any atom is 0.256 e. The van der Waals surface area contributed by atoms with E-state index in [9.17, 15) is 14.0 Å². The van der Waals surface area contributed by atoms with Crippen LogP contribution < -0.4 is 5.32 Å². The standard InChI is InChI=1S/C20H28FN3O3/c1-23(2)13-12-22-18(25)17-14-27-20(10-4-3-5-11-20)24(17)19(26)15-6-8-16(21)9-7-15/h6-9,17H,3-5,10-14H2,1-2H3,(H,22,25). The SMILES string of the molecule is CN(C)CCNC(=O)C1COC2(CCCCC2)N1C(=O)c1ccc(F)cc1. The summed E-state index contributed by atoms with van der Waals surface area (Å²) in [6, 6.07) is 4.80. The molecule has 1 saturated carbocycles. The van der Waals surface area contributed by atoms with Crippen molar-refractivity contribution in [2.24, 2.45) is 0 Å². The zero-order valence-corrected chi connectivity index (χ0v) is 16.0. The number of ether oxygens (including phenoxy) is 1. The molecule has 2 amide bonds. The lowest BCUT2D eigenvalue weighted by Crippen LogP contribution is -2.56. The first-order valence-electron chi connectivity index (χ1n) is 9.59. The molecule has 3 rings (SSSR count). The zero-order chi connectivity index (χ0) is 19.4. The summed E-state index contributed by atoms with van der Waals surface area (Å²) in [5, 5.41) is 2.91. The second kappa shape index (κ2) is 8.35. The predicted octanol–water partition coefficient (Wildman–Crippen LogP) is 2.00. The van der Waals surface area contributed by atoms with Crippen LogP contribution in [0.1, 0.15) is 42.5 Å². The van der Waals surface area contributed by atoms with Gasteiger partial charge < -0.3 is 15.0 Å². The van der Waals surface area contributed by atoms with Crippen molar-refractivity contribution < 1.29 is 18.7 Å². The maximum absolute atomic E-state index is 13.3. The van der Waals surface area contributed by atoms with Gasteiger partial charge in [-0.15, -0.1) is 0 Å². The molecule has 0 aromatic heterocycles. The molecule has 6 nitrogen and oxygen atoms in total. The van der Waals surface area contributed by atoms with Crippen molar-refractivity contribution in [2.45, 2.75) is 43.9 Å². The van der Waals surface area contributed by atoms with Gasteiger partial charge in [-0.3, -0.25) is 14.5 Å². The van der Waals surface area contributed by atoms with Crippen molar-refractivity contribution in [3.63, 3.8) is 0 Å². The Morgan fingerprint density at radius 2 is 1.89 bits per heavy atom. The normalized spacial score (nSPS) is 21.6. The van der Waals surface area contributed by atoms with Gasteiger partial charge in [0, 0.05) is 18.7 Å². The smallest absolute Gasteiger partial charge is 0.256 e. The fourth-order valence-corrected chi connectivity index (χ4v) is 3.92. The van der Waals surface area contributed by atoms with Gasteiger partial charge in [0.05, 0.1) is 6.61 Å². The van der Waals surface area contributed by atoms with Crippen LogP contribution in [-0.4, -0.2) is 67.2 Å². The molecule has 1 aromatic carbocycles. The number of benzene rings is 1. The predicted molar refractivity (Wildman–Crippen MR) is 99.7 cm³/mol. The topological polar surface area (TPSA) is 61.9 Å². The van der Waals surface area contributed by atoms with E-state index in [2.05, 4.69) is 5.32 Å². The number of nitrogens with zero attached hydrogens (tertiary/aromatic N) is 2. The molecule has 2 aliphatic rings. The molecule has 1 spiro atoms. The van der Waals surface area contributed by atoms with Gasteiger partial charge in [0.2, 0.25) is 5.91 Å². The second-order valence-electron chi connectivity index (χ2n) is 7.61. The number of hydrogen-bond acceptors (Lipinski definition) is 4. The number of nitrogens with one attached hydrogen (secondary N) is 1. The highest BCUT2D eigenvalue weighted by Crippen LogP contribution is 2.41. The number of carbonyl (C=O) groups excluding carboxylic acids is 2. The Morgan fingerprint density at radius 1 is 1.22 bits per heavy atom. The molecule has 148 valence electrons. The number of likely N-dealkylation sites (N-methyl/N-ethyl adjacent to an activating group) is 1. The Bertz CT molecular complexity index is 672. The quantitative estimate of drug-likeness (QED) is 0.853. The van der Waals surface area contributed by atoms with Gasteiger partial charge in [-0.05, 0) is 64.0 Å². The molecule has 0 bridgehead atoms. The van der Waals surface area contributed by atoms with Crippen molar-refractivity contribution in [1.82, 2.24) is 15.1 Å². The Morgan fingerprint density at radius 3 is 2.52 bits per heavy atom. The molecular formula is C20H28FN3O3. The van der Waals surface area contributed by atoms with E-state index in [1.807, 2.05) is 19.0 Å². The van der Waals surface area contributed by atoms with E-state index >= 15 is 0 Å². The van der Waals surface area contributed by atoms with E-state index < -0.39 is 17.6 Å². The lowest BCUT2D eigenvalue weighted by molar-refractivity contribution is -0.127. The zero-order valence-electron chi connectivity index (χ0n) is 16.0. The van der Waals surface area contributed by atoms with Crippen LogP contribution in [0, 0.1) is 5.82 Å². The van der Waals surface area contributed by atoms with Crippen LogP contribution in [0.2, 0.25) is 0 Å². The molecule has 1 aromatic rings. The van der Waals surface area contributed by atoms with Crippen LogP contribution in [0.5, 0.6) is 0 Å². The van der Waals surface area contributed by atoms with Gasteiger partial charge in [0.25, 0.3) is 5.91 Å². The van der Waals surface area contributed by atoms with Crippen molar-refractivity contribution in [3.05, 3.63) is 35.6 Å². The molecule has 2 fully saturated rings. The van der Waals surface area contributed by atoms with Gasteiger partial charge >= 0.3 is 0 Å². The lowest BCUT2D eigenvalue weighted by atomic mass is 9.89. The highest BCUT2D eigenvalue weighted by atomic mass is 19.1. The van der Waals surface area contributed by atoms with Crippen LogP contribution in [0.25, 0.3) is 0 Å². The van der Waals surface area contributed by atoms with E-state index in [1.165, 1.54) is 24.3 Å². The summed E-state index contributed by atoms with van der Waals surface area (Å²) in [5.74, 6) is -0.869. The molecule has 1 saturated heterocycles. The molecule has 27 heavy (non-hydrogen) atoms. The van der Waals surface area contributed by atoms with Crippen molar-refractivity contribution in [2.75, 3.05) is 33.8 Å².